The van der Waals surface area contributed by atoms with Crippen LogP contribution in [0, 0.1) is 18.3 Å². The SMILES string of the molecule is Cc1ncccc1C(C#N)N1CCN(C(=O)CC(NC(=O)c2ccc(OCc3ccc4ccccc4n3)cc2)c2ccccc2)CC1. The van der Waals surface area contributed by atoms with Crippen molar-refractivity contribution in [1.82, 2.24) is 25.1 Å². The second kappa shape index (κ2) is 14.7. The molecule has 1 aliphatic heterocycles. The standard InChI is InChI=1S/C38H36N6O3/c1-27-33(11-7-19-40-27)36(25-39)43-20-22-44(23-21-43)37(45)24-35(28-8-3-2-4-9-28)42-38(46)30-14-17-32(18-15-30)47-26-31-16-13-29-10-5-6-12-34(29)41-31/h2-19,35-36H,20-24,26H2,1H3,(H,42,46). The molecule has 0 spiro atoms. The van der Waals surface area contributed by atoms with E-state index in [1.54, 1.807) is 30.5 Å². The number of carbonyl (C=O) groups is 2. The zero-order chi connectivity index (χ0) is 32.6. The number of nitriles is 1. The van der Waals surface area contributed by atoms with Gasteiger partial charge < -0.3 is 15.0 Å². The summed E-state index contributed by atoms with van der Waals surface area (Å²) in [4.78, 5) is 39.8. The number of fused-ring (bicyclic) bond motifs is 1. The van der Waals surface area contributed by atoms with E-state index >= 15 is 0 Å². The predicted octanol–water partition coefficient (Wildman–Crippen LogP) is 5.79. The Hall–Kier alpha value is -5.59. The summed E-state index contributed by atoms with van der Waals surface area (Å²) >= 11 is 0. The van der Waals surface area contributed by atoms with Crippen LogP contribution in [0.15, 0.2) is 109 Å². The molecule has 1 aliphatic rings. The van der Waals surface area contributed by atoms with Gasteiger partial charge in [0.15, 0.2) is 0 Å². The Morgan fingerprint density at radius 3 is 2.38 bits per heavy atom. The average Bonchev–Trinajstić information content (AvgIpc) is 3.12. The van der Waals surface area contributed by atoms with Gasteiger partial charge in [-0.2, -0.15) is 5.26 Å². The second-order valence-corrected chi connectivity index (χ2v) is 11.6. The van der Waals surface area contributed by atoms with Crippen LogP contribution in [-0.2, 0) is 11.4 Å². The number of nitrogens with one attached hydrogen (secondary N) is 1. The van der Waals surface area contributed by atoms with Crippen LogP contribution in [0.25, 0.3) is 10.9 Å². The van der Waals surface area contributed by atoms with Crippen molar-refractivity contribution in [3.63, 3.8) is 0 Å². The third-order valence-corrected chi connectivity index (χ3v) is 8.54. The Balaban J connectivity index is 1.06. The van der Waals surface area contributed by atoms with Gasteiger partial charge in [-0.05, 0) is 55.0 Å². The number of benzene rings is 3. The molecule has 6 rings (SSSR count). The highest BCUT2D eigenvalue weighted by Gasteiger charge is 2.29. The highest BCUT2D eigenvalue weighted by molar-refractivity contribution is 5.95. The fourth-order valence-corrected chi connectivity index (χ4v) is 5.89. The van der Waals surface area contributed by atoms with E-state index in [-0.39, 0.29) is 18.2 Å². The number of piperazine rings is 1. The molecule has 1 fully saturated rings. The Morgan fingerprint density at radius 2 is 1.64 bits per heavy atom. The Kier molecular flexibility index (Phi) is 9.80. The molecule has 2 atom stereocenters. The lowest BCUT2D eigenvalue weighted by Crippen LogP contribution is -2.50. The quantitative estimate of drug-likeness (QED) is 0.209. The van der Waals surface area contributed by atoms with Gasteiger partial charge in [-0.25, -0.2) is 4.98 Å². The highest BCUT2D eigenvalue weighted by atomic mass is 16.5. The first-order valence-corrected chi connectivity index (χ1v) is 15.7. The molecule has 0 saturated carbocycles. The molecular weight excluding hydrogens is 588 g/mol. The number of amides is 2. The monoisotopic (exact) mass is 624 g/mol. The van der Waals surface area contributed by atoms with E-state index in [1.807, 2.05) is 90.7 Å². The molecule has 0 bridgehead atoms. The molecule has 2 unspecified atom stereocenters. The topological polar surface area (TPSA) is 111 Å². The number of aryl methyl sites for hydroxylation is 1. The molecule has 5 aromatic rings. The van der Waals surface area contributed by atoms with Crippen molar-refractivity contribution in [1.29, 1.82) is 5.26 Å². The smallest absolute Gasteiger partial charge is 0.251 e. The Morgan fingerprint density at radius 1 is 0.894 bits per heavy atom. The zero-order valence-corrected chi connectivity index (χ0v) is 26.3. The van der Waals surface area contributed by atoms with Crippen LogP contribution in [0.2, 0.25) is 0 Å². The lowest BCUT2D eigenvalue weighted by Gasteiger charge is -2.37. The average molecular weight is 625 g/mol. The van der Waals surface area contributed by atoms with Crippen LogP contribution in [0.1, 0.15) is 51.4 Å². The fourth-order valence-electron chi connectivity index (χ4n) is 5.89. The van der Waals surface area contributed by atoms with Crippen molar-refractivity contribution in [3.8, 4) is 11.8 Å². The summed E-state index contributed by atoms with van der Waals surface area (Å²) in [5.74, 6) is 0.307. The van der Waals surface area contributed by atoms with Crippen molar-refractivity contribution in [2.45, 2.75) is 32.0 Å². The van der Waals surface area contributed by atoms with Gasteiger partial charge in [-0.1, -0.05) is 60.7 Å². The van der Waals surface area contributed by atoms with Crippen LogP contribution < -0.4 is 10.1 Å². The molecule has 236 valence electrons. The molecule has 0 aliphatic carbocycles. The molecule has 9 nitrogen and oxygen atoms in total. The third kappa shape index (κ3) is 7.63. The summed E-state index contributed by atoms with van der Waals surface area (Å²) in [5, 5.41) is 14.1. The van der Waals surface area contributed by atoms with Crippen LogP contribution in [-0.4, -0.2) is 57.8 Å². The summed E-state index contributed by atoms with van der Waals surface area (Å²) in [6, 6.07) is 33.7. The lowest BCUT2D eigenvalue weighted by molar-refractivity contribution is -0.133. The number of rotatable bonds is 10. The van der Waals surface area contributed by atoms with Gasteiger partial charge in [0, 0.05) is 54.6 Å². The molecular formula is C38H36N6O3. The summed E-state index contributed by atoms with van der Waals surface area (Å²) in [6.45, 7) is 4.37. The Labute approximate surface area is 274 Å². The minimum atomic E-state index is -0.506. The molecule has 1 N–H and O–H groups in total. The number of hydrogen-bond donors (Lipinski definition) is 1. The lowest BCUT2D eigenvalue weighted by atomic mass is 10.0. The molecule has 47 heavy (non-hydrogen) atoms. The third-order valence-electron chi connectivity index (χ3n) is 8.54. The van der Waals surface area contributed by atoms with Gasteiger partial charge >= 0.3 is 0 Å². The number of pyridine rings is 2. The molecule has 9 heteroatoms. The highest BCUT2D eigenvalue weighted by Crippen LogP contribution is 2.25. The van der Waals surface area contributed by atoms with E-state index < -0.39 is 12.1 Å². The fraction of sp³-hybridized carbons (Fsp3) is 0.237. The molecule has 0 radical (unpaired) electrons. The van der Waals surface area contributed by atoms with Gasteiger partial charge in [0.25, 0.3) is 5.91 Å². The van der Waals surface area contributed by atoms with Crippen molar-refractivity contribution in [2.75, 3.05) is 26.2 Å². The van der Waals surface area contributed by atoms with Gasteiger partial charge in [0.1, 0.15) is 18.4 Å². The van der Waals surface area contributed by atoms with Crippen LogP contribution in [0.3, 0.4) is 0 Å². The second-order valence-electron chi connectivity index (χ2n) is 11.6. The number of nitrogens with zero attached hydrogens (tertiary/aromatic N) is 5. The van der Waals surface area contributed by atoms with E-state index in [1.165, 1.54) is 0 Å². The van der Waals surface area contributed by atoms with Crippen molar-refractivity contribution in [2.24, 2.45) is 0 Å². The first-order valence-electron chi connectivity index (χ1n) is 15.7. The first-order chi connectivity index (χ1) is 23.0. The minimum Gasteiger partial charge on any atom is -0.487 e. The minimum absolute atomic E-state index is 0.0454. The number of hydrogen-bond acceptors (Lipinski definition) is 7. The van der Waals surface area contributed by atoms with Crippen molar-refractivity contribution >= 4 is 22.7 Å². The summed E-state index contributed by atoms with van der Waals surface area (Å²) in [7, 11) is 0. The van der Waals surface area contributed by atoms with Crippen LogP contribution in [0.4, 0.5) is 0 Å². The van der Waals surface area contributed by atoms with E-state index in [4.69, 9.17) is 4.74 Å². The largest absolute Gasteiger partial charge is 0.487 e. The van der Waals surface area contributed by atoms with Crippen LogP contribution in [0.5, 0.6) is 5.75 Å². The number of ether oxygens (including phenoxy) is 1. The van der Waals surface area contributed by atoms with Gasteiger partial charge in [0.2, 0.25) is 5.91 Å². The summed E-state index contributed by atoms with van der Waals surface area (Å²) < 4.78 is 5.94. The molecule has 1 saturated heterocycles. The zero-order valence-electron chi connectivity index (χ0n) is 26.3. The number of aromatic nitrogens is 2. The number of carbonyl (C=O) groups excluding carboxylic acids is 2. The maximum absolute atomic E-state index is 13.5. The van der Waals surface area contributed by atoms with Crippen molar-refractivity contribution in [3.05, 3.63) is 137 Å². The molecule has 3 heterocycles. The number of para-hydroxylation sites is 1. The predicted molar refractivity (Wildman–Crippen MR) is 179 cm³/mol. The summed E-state index contributed by atoms with van der Waals surface area (Å²) in [6.07, 6.45) is 1.85. The van der Waals surface area contributed by atoms with Crippen molar-refractivity contribution < 1.29 is 14.3 Å². The van der Waals surface area contributed by atoms with Gasteiger partial charge in [-0.3, -0.25) is 19.5 Å². The van der Waals surface area contributed by atoms with E-state index in [0.29, 0.717) is 44.1 Å². The van der Waals surface area contributed by atoms with E-state index in [2.05, 4.69) is 26.3 Å². The van der Waals surface area contributed by atoms with Gasteiger partial charge in [0.05, 0.1) is 29.7 Å². The maximum atomic E-state index is 13.5. The van der Waals surface area contributed by atoms with Gasteiger partial charge in [-0.15, -0.1) is 0 Å². The van der Waals surface area contributed by atoms with Crippen LogP contribution >= 0.6 is 0 Å². The first kappa shape index (κ1) is 31.4. The molecule has 2 amide bonds. The Bertz CT molecular complexity index is 1880. The van der Waals surface area contributed by atoms with E-state index in [9.17, 15) is 14.9 Å². The molecule has 2 aromatic heterocycles. The van der Waals surface area contributed by atoms with E-state index in [0.717, 1.165) is 33.4 Å². The maximum Gasteiger partial charge on any atom is 0.251 e. The molecule has 3 aromatic carbocycles. The normalized spacial score (nSPS) is 14.6. The summed E-state index contributed by atoms with van der Waals surface area (Å²) in [5.41, 5.74) is 4.78.